The second-order valence-corrected chi connectivity index (χ2v) is 9.44. The number of alkyl carbamates (subject to hydrolysis) is 1. The SMILES string of the molecule is Cc1nnn(C)c1-c1ccc(NC(=O)[C@@H](NC(=O)OC(C)(C)C)C2CCCCCC2)nc1. The van der Waals surface area contributed by atoms with E-state index in [0.717, 1.165) is 55.5 Å². The lowest BCUT2D eigenvalue weighted by Gasteiger charge is -2.28. The van der Waals surface area contributed by atoms with Crippen LogP contribution >= 0.6 is 0 Å². The molecular weight excluding hydrogens is 408 g/mol. The highest BCUT2D eigenvalue weighted by Gasteiger charge is 2.32. The molecule has 1 aliphatic rings. The molecule has 1 saturated carbocycles. The summed E-state index contributed by atoms with van der Waals surface area (Å²) in [5, 5.41) is 13.8. The van der Waals surface area contributed by atoms with Crippen LogP contribution in [0.4, 0.5) is 10.6 Å². The van der Waals surface area contributed by atoms with Gasteiger partial charge in [-0.05, 0) is 58.6 Å². The summed E-state index contributed by atoms with van der Waals surface area (Å²) in [5.41, 5.74) is 1.91. The number of nitrogens with zero attached hydrogens (tertiary/aromatic N) is 4. The summed E-state index contributed by atoms with van der Waals surface area (Å²) in [5.74, 6) is 0.213. The van der Waals surface area contributed by atoms with Gasteiger partial charge in [0, 0.05) is 18.8 Å². The Morgan fingerprint density at radius 2 is 1.84 bits per heavy atom. The van der Waals surface area contributed by atoms with Gasteiger partial charge in [0.15, 0.2) is 0 Å². The van der Waals surface area contributed by atoms with E-state index in [1.165, 1.54) is 0 Å². The Balaban J connectivity index is 1.74. The van der Waals surface area contributed by atoms with E-state index >= 15 is 0 Å². The number of pyridine rings is 1. The van der Waals surface area contributed by atoms with Crippen LogP contribution in [0.5, 0.6) is 0 Å². The van der Waals surface area contributed by atoms with Gasteiger partial charge in [-0.25, -0.2) is 14.5 Å². The molecule has 0 bridgehead atoms. The van der Waals surface area contributed by atoms with Gasteiger partial charge in [-0.2, -0.15) is 0 Å². The molecule has 0 saturated heterocycles. The van der Waals surface area contributed by atoms with Crippen molar-refractivity contribution in [3.63, 3.8) is 0 Å². The highest BCUT2D eigenvalue weighted by Crippen LogP contribution is 2.27. The Morgan fingerprint density at radius 1 is 1.16 bits per heavy atom. The van der Waals surface area contributed by atoms with Crippen molar-refractivity contribution < 1.29 is 14.3 Å². The zero-order chi connectivity index (χ0) is 23.3. The first-order valence-corrected chi connectivity index (χ1v) is 11.3. The third-order valence-corrected chi connectivity index (χ3v) is 5.61. The van der Waals surface area contributed by atoms with E-state index in [9.17, 15) is 9.59 Å². The summed E-state index contributed by atoms with van der Waals surface area (Å²) in [6.07, 6.45) is 7.31. The zero-order valence-electron chi connectivity index (χ0n) is 19.6. The number of hydrogen-bond acceptors (Lipinski definition) is 6. The number of rotatable bonds is 5. The van der Waals surface area contributed by atoms with Gasteiger partial charge in [0.25, 0.3) is 0 Å². The molecule has 2 aromatic rings. The first-order valence-electron chi connectivity index (χ1n) is 11.3. The summed E-state index contributed by atoms with van der Waals surface area (Å²) >= 11 is 0. The van der Waals surface area contributed by atoms with Crippen LogP contribution in [0.15, 0.2) is 18.3 Å². The standard InChI is InChI=1S/C23H34N6O3/c1-15-20(29(5)28-27-15)17-12-13-18(24-14-17)25-21(30)19(16-10-8-6-7-9-11-16)26-22(31)32-23(2,3)4/h12-14,16,19H,6-11H2,1-5H3,(H,26,31)(H,24,25,30)/t19-/m0/s1. The fourth-order valence-electron chi connectivity index (χ4n) is 4.14. The molecule has 174 valence electrons. The molecule has 0 aliphatic heterocycles. The lowest BCUT2D eigenvalue weighted by Crippen LogP contribution is -2.50. The van der Waals surface area contributed by atoms with E-state index in [0.29, 0.717) is 5.82 Å². The van der Waals surface area contributed by atoms with Crippen molar-refractivity contribution in [2.75, 3.05) is 5.32 Å². The smallest absolute Gasteiger partial charge is 0.408 e. The number of ether oxygens (including phenoxy) is 1. The zero-order valence-corrected chi connectivity index (χ0v) is 19.6. The third kappa shape index (κ3) is 6.27. The van der Waals surface area contributed by atoms with E-state index < -0.39 is 17.7 Å². The van der Waals surface area contributed by atoms with Crippen LogP contribution in [-0.4, -0.2) is 43.6 Å². The minimum absolute atomic E-state index is 0.0625. The highest BCUT2D eigenvalue weighted by atomic mass is 16.6. The minimum Gasteiger partial charge on any atom is -0.444 e. The molecule has 2 heterocycles. The number of nitrogens with one attached hydrogen (secondary N) is 2. The average molecular weight is 443 g/mol. The molecule has 9 nitrogen and oxygen atoms in total. The number of aryl methyl sites for hydroxylation is 2. The number of amides is 2. The molecule has 2 aromatic heterocycles. The maximum Gasteiger partial charge on any atom is 0.408 e. The maximum absolute atomic E-state index is 13.2. The first kappa shape index (κ1) is 23.7. The Bertz CT molecular complexity index is 905. The van der Waals surface area contributed by atoms with Gasteiger partial charge < -0.3 is 15.4 Å². The number of carbonyl (C=O) groups is 2. The summed E-state index contributed by atoms with van der Waals surface area (Å²) < 4.78 is 7.10. The number of hydrogen-bond donors (Lipinski definition) is 2. The van der Waals surface area contributed by atoms with E-state index in [1.54, 1.807) is 37.7 Å². The lowest BCUT2D eigenvalue weighted by atomic mass is 9.91. The van der Waals surface area contributed by atoms with Crippen LogP contribution in [0, 0.1) is 12.8 Å². The predicted molar refractivity (Wildman–Crippen MR) is 122 cm³/mol. The van der Waals surface area contributed by atoms with E-state index in [2.05, 4.69) is 25.9 Å². The van der Waals surface area contributed by atoms with E-state index in [-0.39, 0.29) is 11.8 Å². The van der Waals surface area contributed by atoms with E-state index in [4.69, 9.17) is 4.74 Å². The Kier molecular flexibility index (Phi) is 7.48. The van der Waals surface area contributed by atoms with Crippen LogP contribution in [0.3, 0.4) is 0 Å². The molecule has 0 radical (unpaired) electrons. The van der Waals surface area contributed by atoms with Crippen LogP contribution < -0.4 is 10.6 Å². The van der Waals surface area contributed by atoms with Gasteiger partial charge in [0.2, 0.25) is 5.91 Å². The van der Waals surface area contributed by atoms with Crippen LogP contribution in [0.1, 0.15) is 65.0 Å². The van der Waals surface area contributed by atoms with Crippen molar-refractivity contribution in [2.24, 2.45) is 13.0 Å². The van der Waals surface area contributed by atoms with Crippen molar-refractivity contribution in [3.8, 4) is 11.3 Å². The average Bonchev–Trinajstić information content (AvgIpc) is 2.91. The normalized spacial score (nSPS) is 16.2. The molecule has 9 heteroatoms. The predicted octanol–water partition coefficient (Wildman–Crippen LogP) is 3.99. The first-order chi connectivity index (χ1) is 15.1. The second kappa shape index (κ2) is 10.1. The molecule has 0 spiro atoms. The number of aromatic nitrogens is 4. The van der Waals surface area contributed by atoms with Crippen molar-refractivity contribution in [1.29, 1.82) is 0 Å². The van der Waals surface area contributed by atoms with Crippen molar-refractivity contribution in [3.05, 3.63) is 24.0 Å². The molecule has 1 fully saturated rings. The summed E-state index contributed by atoms with van der Waals surface area (Å²) in [7, 11) is 1.82. The molecule has 32 heavy (non-hydrogen) atoms. The Morgan fingerprint density at radius 3 is 2.38 bits per heavy atom. The molecule has 1 atom stereocenters. The number of anilines is 1. The third-order valence-electron chi connectivity index (χ3n) is 5.61. The van der Waals surface area contributed by atoms with Gasteiger partial charge in [-0.1, -0.05) is 30.9 Å². The van der Waals surface area contributed by atoms with Crippen molar-refractivity contribution >= 4 is 17.8 Å². The molecular formula is C23H34N6O3. The van der Waals surface area contributed by atoms with Crippen molar-refractivity contribution in [2.45, 2.75) is 77.9 Å². The van der Waals surface area contributed by atoms with Crippen molar-refractivity contribution in [1.82, 2.24) is 25.3 Å². The fourth-order valence-corrected chi connectivity index (χ4v) is 4.14. The Labute approximate surface area is 189 Å². The maximum atomic E-state index is 13.2. The van der Waals surface area contributed by atoms with Gasteiger partial charge in [0.1, 0.15) is 17.5 Å². The largest absolute Gasteiger partial charge is 0.444 e. The summed E-state index contributed by atoms with van der Waals surface area (Å²) in [4.78, 5) is 30.0. The van der Waals surface area contributed by atoms with Crippen LogP contribution in [0.2, 0.25) is 0 Å². The van der Waals surface area contributed by atoms with Gasteiger partial charge in [-0.3, -0.25) is 4.79 Å². The molecule has 2 N–H and O–H groups in total. The highest BCUT2D eigenvalue weighted by molar-refractivity contribution is 5.96. The minimum atomic E-state index is -0.673. The number of carbonyl (C=O) groups excluding carboxylic acids is 2. The summed E-state index contributed by atoms with van der Waals surface area (Å²) in [6.45, 7) is 7.30. The lowest BCUT2D eigenvalue weighted by molar-refractivity contribution is -0.119. The summed E-state index contributed by atoms with van der Waals surface area (Å²) in [6, 6.07) is 2.95. The molecule has 3 rings (SSSR count). The van der Waals surface area contributed by atoms with Gasteiger partial charge in [-0.15, -0.1) is 5.10 Å². The van der Waals surface area contributed by atoms with Crippen LogP contribution in [0.25, 0.3) is 11.3 Å². The molecule has 1 aliphatic carbocycles. The Hall–Kier alpha value is -2.97. The van der Waals surface area contributed by atoms with E-state index in [1.807, 2.05) is 20.0 Å². The molecule has 2 amide bonds. The molecule has 0 aromatic carbocycles. The van der Waals surface area contributed by atoms with Gasteiger partial charge in [0.05, 0.1) is 11.4 Å². The van der Waals surface area contributed by atoms with Crippen LogP contribution in [-0.2, 0) is 16.6 Å². The monoisotopic (exact) mass is 442 g/mol. The quantitative estimate of drug-likeness (QED) is 0.678. The van der Waals surface area contributed by atoms with Gasteiger partial charge >= 0.3 is 6.09 Å². The molecule has 0 unspecified atom stereocenters. The fraction of sp³-hybridized carbons (Fsp3) is 0.609. The topological polar surface area (TPSA) is 111 Å². The second-order valence-electron chi connectivity index (χ2n) is 9.44.